The Balaban J connectivity index is 1.80. The zero-order valence-electron chi connectivity index (χ0n) is 7.03. The summed E-state index contributed by atoms with van der Waals surface area (Å²) < 4.78 is 10.2. The van der Waals surface area contributed by atoms with Crippen molar-refractivity contribution in [1.29, 1.82) is 0 Å². The summed E-state index contributed by atoms with van der Waals surface area (Å²) in [5, 5.41) is 0. The lowest BCUT2D eigenvalue weighted by atomic mass is 9.89. The molecule has 0 aromatic carbocycles. The Morgan fingerprint density at radius 2 is 2.25 bits per heavy atom. The number of methoxy groups -OCH3 is 1. The van der Waals surface area contributed by atoms with Gasteiger partial charge in [0, 0.05) is 5.92 Å². The molecule has 0 N–H and O–H groups in total. The smallest absolute Gasteiger partial charge is 0.309 e. The summed E-state index contributed by atoms with van der Waals surface area (Å²) in [7, 11) is 1.47. The SMILES string of the molecule is COC(=O)[C@@H]1C[C@H]2C[C@@H]1[C@H]1O[C@@H]21. The average Bonchev–Trinajstić information content (AvgIpc) is 2.71. The molecule has 5 atom stereocenters. The van der Waals surface area contributed by atoms with Crippen LogP contribution in [0, 0.1) is 17.8 Å². The Hall–Kier alpha value is -0.570. The minimum Gasteiger partial charge on any atom is -0.469 e. The van der Waals surface area contributed by atoms with E-state index in [1.54, 1.807) is 0 Å². The van der Waals surface area contributed by atoms with Crippen molar-refractivity contribution in [2.75, 3.05) is 7.11 Å². The second-order valence-corrected chi connectivity index (χ2v) is 4.09. The first kappa shape index (κ1) is 6.89. The van der Waals surface area contributed by atoms with Gasteiger partial charge in [-0.05, 0) is 18.8 Å². The fourth-order valence-electron chi connectivity index (χ4n) is 3.02. The molecule has 0 unspecified atom stereocenters. The normalized spacial score (nSPS) is 53.6. The molecule has 0 radical (unpaired) electrons. The summed E-state index contributed by atoms with van der Waals surface area (Å²) in [5.41, 5.74) is 0. The Bertz CT molecular complexity index is 238. The molecule has 0 aromatic rings. The Morgan fingerprint density at radius 1 is 1.42 bits per heavy atom. The topological polar surface area (TPSA) is 38.8 Å². The third kappa shape index (κ3) is 0.678. The quantitative estimate of drug-likeness (QED) is 0.424. The summed E-state index contributed by atoms with van der Waals surface area (Å²) in [5.74, 6) is 1.25. The lowest BCUT2D eigenvalue weighted by molar-refractivity contribution is -0.147. The zero-order valence-corrected chi connectivity index (χ0v) is 7.03. The van der Waals surface area contributed by atoms with Gasteiger partial charge in [-0.1, -0.05) is 0 Å². The number of ether oxygens (including phenoxy) is 2. The number of carbonyl (C=O) groups excluding carboxylic acids is 1. The molecule has 1 heterocycles. The minimum atomic E-state index is -0.0311. The molecule has 2 bridgehead atoms. The zero-order chi connectivity index (χ0) is 8.29. The van der Waals surface area contributed by atoms with E-state index in [4.69, 9.17) is 9.47 Å². The van der Waals surface area contributed by atoms with Crippen LogP contribution in [-0.4, -0.2) is 25.3 Å². The first-order valence-electron chi connectivity index (χ1n) is 4.54. The Labute approximate surface area is 71.0 Å². The van der Waals surface area contributed by atoms with Gasteiger partial charge in [0.1, 0.15) is 0 Å². The molecular weight excluding hydrogens is 156 g/mol. The first-order valence-corrected chi connectivity index (χ1v) is 4.54. The van der Waals surface area contributed by atoms with Crippen molar-refractivity contribution in [3.63, 3.8) is 0 Å². The van der Waals surface area contributed by atoms with Crippen LogP contribution in [-0.2, 0) is 14.3 Å². The van der Waals surface area contributed by atoms with Crippen LogP contribution in [0.15, 0.2) is 0 Å². The van der Waals surface area contributed by atoms with Gasteiger partial charge in [-0.15, -0.1) is 0 Å². The van der Waals surface area contributed by atoms with Crippen LogP contribution in [0.4, 0.5) is 0 Å². The highest BCUT2D eigenvalue weighted by Crippen LogP contribution is 2.58. The minimum absolute atomic E-state index is 0.0311. The van der Waals surface area contributed by atoms with Crippen LogP contribution < -0.4 is 0 Å². The van der Waals surface area contributed by atoms with E-state index in [1.807, 2.05) is 0 Å². The van der Waals surface area contributed by atoms with E-state index in [9.17, 15) is 4.79 Å². The molecule has 0 amide bonds. The van der Waals surface area contributed by atoms with Gasteiger partial charge in [0.25, 0.3) is 0 Å². The monoisotopic (exact) mass is 168 g/mol. The largest absolute Gasteiger partial charge is 0.469 e. The van der Waals surface area contributed by atoms with Crippen molar-refractivity contribution < 1.29 is 14.3 Å². The van der Waals surface area contributed by atoms with E-state index >= 15 is 0 Å². The second-order valence-electron chi connectivity index (χ2n) is 4.09. The summed E-state index contributed by atoms with van der Waals surface area (Å²) in [6, 6.07) is 0. The van der Waals surface area contributed by atoms with Gasteiger partial charge in [0.05, 0.1) is 25.2 Å². The maximum Gasteiger partial charge on any atom is 0.309 e. The van der Waals surface area contributed by atoms with Gasteiger partial charge in [0.2, 0.25) is 0 Å². The predicted molar refractivity (Wildman–Crippen MR) is 40.4 cm³/mol. The molecular formula is C9H12O3. The molecule has 3 aliphatic rings. The lowest BCUT2D eigenvalue weighted by Crippen LogP contribution is -2.26. The van der Waals surface area contributed by atoms with E-state index in [1.165, 1.54) is 13.5 Å². The van der Waals surface area contributed by atoms with E-state index in [0.29, 0.717) is 24.0 Å². The summed E-state index contributed by atoms with van der Waals surface area (Å²) in [6.45, 7) is 0. The second kappa shape index (κ2) is 2.02. The molecule has 3 heteroatoms. The highest BCUT2D eigenvalue weighted by atomic mass is 16.6. The van der Waals surface area contributed by atoms with Crippen LogP contribution in [0.2, 0.25) is 0 Å². The number of esters is 1. The van der Waals surface area contributed by atoms with Crippen LogP contribution in [0.5, 0.6) is 0 Å². The van der Waals surface area contributed by atoms with Crippen molar-refractivity contribution >= 4 is 5.97 Å². The van der Waals surface area contributed by atoms with Gasteiger partial charge < -0.3 is 9.47 Å². The standard InChI is InChI=1S/C9H12O3/c1-11-9(10)6-3-4-2-5(6)8-7(4)12-8/h4-8H,2-3H2,1H3/t4-,5+,6-,7+,8-/m1/s1. The number of rotatable bonds is 1. The van der Waals surface area contributed by atoms with Crippen molar-refractivity contribution in [2.45, 2.75) is 25.0 Å². The van der Waals surface area contributed by atoms with E-state index in [-0.39, 0.29) is 11.9 Å². The highest BCUT2D eigenvalue weighted by Gasteiger charge is 2.64. The molecule has 3 nitrogen and oxygen atoms in total. The third-order valence-electron chi connectivity index (χ3n) is 3.60. The third-order valence-corrected chi connectivity index (χ3v) is 3.60. The first-order chi connectivity index (χ1) is 5.81. The molecule has 66 valence electrons. The van der Waals surface area contributed by atoms with Gasteiger partial charge in [0.15, 0.2) is 0 Å². The number of hydrogen-bond donors (Lipinski definition) is 0. The van der Waals surface area contributed by atoms with Crippen molar-refractivity contribution in [3.8, 4) is 0 Å². The van der Waals surface area contributed by atoms with Crippen molar-refractivity contribution in [3.05, 3.63) is 0 Å². The van der Waals surface area contributed by atoms with E-state index in [0.717, 1.165) is 6.42 Å². The molecule has 2 saturated carbocycles. The molecule has 3 rings (SSSR count). The number of hydrogen-bond acceptors (Lipinski definition) is 3. The van der Waals surface area contributed by atoms with Gasteiger partial charge in [-0.2, -0.15) is 0 Å². The number of epoxide rings is 1. The number of carbonyl (C=O) groups is 1. The summed E-state index contributed by atoms with van der Waals surface area (Å²) in [6.07, 6.45) is 3.11. The molecule has 3 fully saturated rings. The molecule has 12 heavy (non-hydrogen) atoms. The van der Waals surface area contributed by atoms with E-state index < -0.39 is 0 Å². The van der Waals surface area contributed by atoms with Crippen LogP contribution in [0.25, 0.3) is 0 Å². The molecule has 0 spiro atoms. The van der Waals surface area contributed by atoms with Crippen LogP contribution in [0.1, 0.15) is 12.8 Å². The lowest BCUT2D eigenvalue weighted by Gasteiger charge is -2.15. The predicted octanol–water partition coefficient (Wildman–Crippen LogP) is 0.583. The molecule has 1 aliphatic heterocycles. The fourth-order valence-corrected chi connectivity index (χ4v) is 3.02. The van der Waals surface area contributed by atoms with Gasteiger partial charge in [-0.25, -0.2) is 0 Å². The van der Waals surface area contributed by atoms with Crippen molar-refractivity contribution in [1.82, 2.24) is 0 Å². The maximum absolute atomic E-state index is 11.3. The van der Waals surface area contributed by atoms with Gasteiger partial charge >= 0.3 is 5.97 Å². The van der Waals surface area contributed by atoms with Crippen LogP contribution >= 0.6 is 0 Å². The highest BCUT2D eigenvalue weighted by molar-refractivity contribution is 5.73. The maximum atomic E-state index is 11.3. The molecule has 2 aliphatic carbocycles. The fraction of sp³-hybridized carbons (Fsp3) is 0.889. The molecule has 0 aromatic heterocycles. The molecule has 1 saturated heterocycles. The van der Waals surface area contributed by atoms with Crippen LogP contribution in [0.3, 0.4) is 0 Å². The number of fused-ring (bicyclic) bond motifs is 5. The average molecular weight is 168 g/mol. The summed E-state index contributed by atoms with van der Waals surface area (Å²) in [4.78, 5) is 11.3. The summed E-state index contributed by atoms with van der Waals surface area (Å²) >= 11 is 0. The van der Waals surface area contributed by atoms with E-state index in [2.05, 4.69) is 0 Å². The van der Waals surface area contributed by atoms with Gasteiger partial charge in [-0.3, -0.25) is 4.79 Å². The Kier molecular flexibility index (Phi) is 1.16. The Morgan fingerprint density at radius 3 is 2.83 bits per heavy atom. The van der Waals surface area contributed by atoms with Crippen molar-refractivity contribution in [2.24, 2.45) is 17.8 Å².